The fourth-order valence-electron chi connectivity index (χ4n) is 2.76. The molecule has 1 aromatic carbocycles. The standard InChI is InChI=1S/C17H21ClN4O2/c1-23-14-11-13(15(24-2)10-12(14)18)20-16-6-7-19-17(21-16)22-8-4-3-5-9-22/h6-7,10-11H,3-5,8-9H2,1-2H3,(H,19,20,21). The van der Waals surface area contributed by atoms with Crippen LogP contribution in [0.25, 0.3) is 0 Å². The van der Waals surface area contributed by atoms with Crippen LogP contribution in [0.3, 0.4) is 0 Å². The van der Waals surface area contributed by atoms with Crippen LogP contribution >= 0.6 is 11.6 Å². The monoisotopic (exact) mass is 348 g/mol. The summed E-state index contributed by atoms with van der Waals surface area (Å²) < 4.78 is 10.7. The summed E-state index contributed by atoms with van der Waals surface area (Å²) in [6.07, 6.45) is 5.40. The third-order valence-corrected chi connectivity index (χ3v) is 4.31. The summed E-state index contributed by atoms with van der Waals surface area (Å²) in [7, 11) is 3.18. The molecule has 0 unspecified atom stereocenters. The van der Waals surface area contributed by atoms with Crippen LogP contribution in [-0.4, -0.2) is 37.3 Å². The van der Waals surface area contributed by atoms with Gasteiger partial charge in [0.25, 0.3) is 0 Å². The molecule has 1 fully saturated rings. The van der Waals surface area contributed by atoms with Crippen LogP contribution in [0.5, 0.6) is 11.5 Å². The van der Waals surface area contributed by atoms with E-state index in [2.05, 4.69) is 20.2 Å². The SMILES string of the molecule is COc1cc(Nc2ccnc(N3CCCCC3)n2)c(OC)cc1Cl. The van der Waals surface area contributed by atoms with Gasteiger partial charge in [-0.3, -0.25) is 0 Å². The van der Waals surface area contributed by atoms with Gasteiger partial charge < -0.3 is 19.7 Å². The number of ether oxygens (including phenoxy) is 2. The molecule has 1 saturated heterocycles. The van der Waals surface area contributed by atoms with Gasteiger partial charge in [0.1, 0.15) is 17.3 Å². The Kier molecular flexibility index (Phi) is 5.25. The third kappa shape index (κ3) is 3.64. The van der Waals surface area contributed by atoms with Crippen molar-refractivity contribution in [3.05, 3.63) is 29.4 Å². The van der Waals surface area contributed by atoms with Crippen molar-refractivity contribution < 1.29 is 9.47 Å². The molecule has 1 aromatic heterocycles. The third-order valence-electron chi connectivity index (χ3n) is 4.02. The number of nitrogens with one attached hydrogen (secondary N) is 1. The topological polar surface area (TPSA) is 59.5 Å². The Morgan fingerprint density at radius 2 is 1.83 bits per heavy atom. The van der Waals surface area contributed by atoms with Gasteiger partial charge in [0, 0.05) is 31.4 Å². The molecule has 0 aliphatic carbocycles. The maximum Gasteiger partial charge on any atom is 0.227 e. The molecule has 0 saturated carbocycles. The summed E-state index contributed by atoms with van der Waals surface area (Å²) in [4.78, 5) is 11.2. The summed E-state index contributed by atoms with van der Waals surface area (Å²) >= 11 is 6.14. The van der Waals surface area contributed by atoms with Crippen molar-refractivity contribution in [2.24, 2.45) is 0 Å². The Balaban J connectivity index is 1.85. The Bertz CT molecular complexity index is 705. The van der Waals surface area contributed by atoms with E-state index in [1.54, 1.807) is 32.5 Å². The molecule has 0 atom stereocenters. The minimum Gasteiger partial charge on any atom is -0.495 e. The number of rotatable bonds is 5. The Labute approximate surface area is 146 Å². The van der Waals surface area contributed by atoms with Gasteiger partial charge in [-0.2, -0.15) is 4.98 Å². The van der Waals surface area contributed by atoms with Crippen molar-refractivity contribution in [2.75, 3.05) is 37.5 Å². The molecular formula is C17H21ClN4O2. The molecule has 0 bridgehead atoms. The normalized spacial score (nSPS) is 14.4. The summed E-state index contributed by atoms with van der Waals surface area (Å²) in [6, 6.07) is 5.34. The number of methoxy groups -OCH3 is 2. The van der Waals surface area contributed by atoms with E-state index in [4.69, 9.17) is 21.1 Å². The Morgan fingerprint density at radius 1 is 1.08 bits per heavy atom. The lowest BCUT2D eigenvalue weighted by atomic mass is 10.1. The number of piperidine rings is 1. The van der Waals surface area contributed by atoms with E-state index in [-0.39, 0.29) is 0 Å². The number of hydrogen-bond donors (Lipinski definition) is 1. The van der Waals surface area contributed by atoms with Gasteiger partial charge in [0.15, 0.2) is 0 Å². The highest BCUT2D eigenvalue weighted by Crippen LogP contribution is 2.37. The molecule has 7 heteroatoms. The first-order valence-electron chi connectivity index (χ1n) is 7.98. The van der Waals surface area contributed by atoms with Crippen molar-refractivity contribution in [1.29, 1.82) is 0 Å². The second kappa shape index (κ2) is 7.57. The van der Waals surface area contributed by atoms with Gasteiger partial charge >= 0.3 is 0 Å². The van der Waals surface area contributed by atoms with Crippen molar-refractivity contribution in [3.63, 3.8) is 0 Å². The molecule has 1 aliphatic heterocycles. The summed E-state index contributed by atoms with van der Waals surface area (Å²) in [5.74, 6) is 2.65. The van der Waals surface area contributed by atoms with Crippen LogP contribution in [0.2, 0.25) is 5.02 Å². The lowest BCUT2D eigenvalue weighted by Crippen LogP contribution is -2.31. The fourth-order valence-corrected chi connectivity index (χ4v) is 2.99. The van der Waals surface area contributed by atoms with Crippen LogP contribution in [0, 0.1) is 0 Å². The van der Waals surface area contributed by atoms with Gasteiger partial charge in [-0.1, -0.05) is 11.6 Å². The van der Waals surface area contributed by atoms with Gasteiger partial charge in [0.2, 0.25) is 5.95 Å². The van der Waals surface area contributed by atoms with E-state index < -0.39 is 0 Å². The molecule has 128 valence electrons. The van der Waals surface area contributed by atoms with Crippen LogP contribution < -0.4 is 19.7 Å². The largest absolute Gasteiger partial charge is 0.495 e. The molecular weight excluding hydrogens is 328 g/mol. The fraction of sp³-hybridized carbons (Fsp3) is 0.412. The average Bonchev–Trinajstić information content (AvgIpc) is 2.63. The molecule has 1 N–H and O–H groups in total. The summed E-state index contributed by atoms with van der Waals surface area (Å²) in [5.41, 5.74) is 0.738. The van der Waals surface area contributed by atoms with E-state index in [1.807, 2.05) is 6.07 Å². The zero-order valence-corrected chi connectivity index (χ0v) is 14.6. The first-order chi connectivity index (χ1) is 11.7. The van der Waals surface area contributed by atoms with Crippen LogP contribution in [-0.2, 0) is 0 Å². The molecule has 24 heavy (non-hydrogen) atoms. The predicted octanol–water partition coefficient (Wildman–Crippen LogP) is 3.88. The van der Waals surface area contributed by atoms with Gasteiger partial charge in [-0.05, 0) is 25.3 Å². The van der Waals surface area contributed by atoms with Crippen LogP contribution in [0.15, 0.2) is 24.4 Å². The Hall–Kier alpha value is -2.21. The zero-order valence-electron chi connectivity index (χ0n) is 13.9. The minimum absolute atomic E-state index is 0.497. The minimum atomic E-state index is 0.497. The van der Waals surface area contributed by atoms with Crippen LogP contribution in [0.1, 0.15) is 19.3 Å². The van der Waals surface area contributed by atoms with E-state index in [0.29, 0.717) is 22.3 Å². The quantitative estimate of drug-likeness (QED) is 0.884. The highest BCUT2D eigenvalue weighted by atomic mass is 35.5. The van der Waals surface area contributed by atoms with Crippen molar-refractivity contribution >= 4 is 29.1 Å². The van der Waals surface area contributed by atoms with E-state index in [0.717, 1.165) is 24.7 Å². The average molecular weight is 349 g/mol. The molecule has 0 spiro atoms. The maximum atomic E-state index is 6.14. The van der Waals surface area contributed by atoms with Crippen LogP contribution in [0.4, 0.5) is 17.5 Å². The van der Waals surface area contributed by atoms with Crippen molar-refractivity contribution in [3.8, 4) is 11.5 Å². The number of aromatic nitrogens is 2. The molecule has 3 rings (SSSR count). The highest BCUT2D eigenvalue weighted by Gasteiger charge is 2.15. The number of anilines is 3. The van der Waals surface area contributed by atoms with Crippen molar-refractivity contribution in [2.45, 2.75) is 19.3 Å². The molecule has 2 aromatic rings. The Morgan fingerprint density at radius 3 is 2.54 bits per heavy atom. The second-order valence-electron chi connectivity index (χ2n) is 5.60. The highest BCUT2D eigenvalue weighted by molar-refractivity contribution is 6.32. The van der Waals surface area contributed by atoms with Gasteiger partial charge in [-0.25, -0.2) is 4.98 Å². The smallest absolute Gasteiger partial charge is 0.227 e. The van der Waals surface area contributed by atoms with Gasteiger partial charge in [0.05, 0.1) is 24.9 Å². The number of hydrogen-bond acceptors (Lipinski definition) is 6. The second-order valence-corrected chi connectivity index (χ2v) is 6.01. The molecule has 0 amide bonds. The zero-order chi connectivity index (χ0) is 16.9. The van der Waals surface area contributed by atoms with Crippen molar-refractivity contribution in [1.82, 2.24) is 9.97 Å². The van der Waals surface area contributed by atoms with E-state index >= 15 is 0 Å². The first kappa shape index (κ1) is 16.6. The molecule has 6 nitrogen and oxygen atoms in total. The number of nitrogens with zero attached hydrogens (tertiary/aromatic N) is 3. The summed E-state index contributed by atoms with van der Waals surface area (Å²) in [5, 5.41) is 3.76. The summed E-state index contributed by atoms with van der Waals surface area (Å²) in [6.45, 7) is 2.00. The lowest BCUT2D eigenvalue weighted by molar-refractivity contribution is 0.405. The van der Waals surface area contributed by atoms with Gasteiger partial charge in [-0.15, -0.1) is 0 Å². The van der Waals surface area contributed by atoms with E-state index in [9.17, 15) is 0 Å². The molecule has 2 heterocycles. The number of halogens is 1. The number of benzene rings is 1. The lowest BCUT2D eigenvalue weighted by Gasteiger charge is -2.26. The first-order valence-corrected chi connectivity index (χ1v) is 8.35. The molecule has 1 aliphatic rings. The predicted molar refractivity (Wildman–Crippen MR) is 95.9 cm³/mol. The maximum absolute atomic E-state index is 6.14. The molecule has 0 radical (unpaired) electrons. The van der Waals surface area contributed by atoms with E-state index in [1.165, 1.54) is 19.3 Å².